The number of H-pyrrole nitrogens is 1. The van der Waals surface area contributed by atoms with Crippen molar-refractivity contribution in [3.05, 3.63) is 47.1 Å². The average molecular weight is 484 g/mol. The Bertz CT molecular complexity index is 754. The molecular weight excluding hydrogens is 473 g/mol. The smallest absolute Gasteiger partial charge is 0.330 e. The van der Waals surface area contributed by atoms with Crippen LogP contribution in [0.1, 0.15) is 18.2 Å². The van der Waals surface area contributed by atoms with E-state index in [1.54, 1.807) is 4.08 Å². The van der Waals surface area contributed by atoms with Crippen LogP contribution in [0.25, 0.3) is 14.9 Å². The fourth-order valence-electron chi connectivity index (χ4n) is 2.17. The van der Waals surface area contributed by atoms with Gasteiger partial charge >= 0.3 is 5.69 Å². The second kappa shape index (κ2) is 7.42. The van der Waals surface area contributed by atoms with Gasteiger partial charge in [-0.3, -0.25) is 14.3 Å². The summed E-state index contributed by atoms with van der Waals surface area (Å²) in [5.74, 6) is 0. The molecule has 118 valence electrons. The van der Waals surface area contributed by atoms with E-state index in [4.69, 9.17) is 10.3 Å². The van der Waals surface area contributed by atoms with Crippen LogP contribution in [0.3, 0.4) is 0 Å². The van der Waals surface area contributed by atoms with Gasteiger partial charge in [-0.15, -0.1) is 0 Å². The molecule has 1 fully saturated rings. The topological polar surface area (TPSA) is 133 Å². The maximum atomic E-state index is 12.0. The number of halogens is 2. The lowest BCUT2D eigenvalue weighted by molar-refractivity contribution is -0.0271. The van der Waals surface area contributed by atoms with Crippen LogP contribution < -0.4 is 11.2 Å². The largest absolute Gasteiger partial charge is 0.394 e. The van der Waals surface area contributed by atoms with Gasteiger partial charge < -0.3 is 9.84 Å². The molecule has 1 aliphatic rings. The number of azide groups is 1. The third-order valence-corrected chi connectivity index (χ3v) is 5.35. The number of nitrogens with zero attached hydrogens (tertiary/aromatic N) is 4. The van der Waals surface area contributed by atoms with Gasteiger partial charge in [0.05, 0.1) is 24.3 Å². The van der Waals surface area contributed by atoms with E-state index >= 15 is 0 Å². The zero-order valence-electron chi connectivity index (χ0n) is 11.0. The molecule has 1 aliphatic heterocycles. The van der Waals surface area contributed by atoms with E-state index in [9.17, 15) is 14.7 Å². The molecule has 3 unspecified atom stereocenters. The summed E-state index contributed by atoms with van der Waals surface area (Å²) in [6.07, 6.45) is 0.182. The highest BCUT2D eigenvalue weighted by atomic mass is 127. The minimum Gasteiger partial charge on any atom is -0.394 e. The van der Waals surface area contributed by atoms with E-state index in [0.29, 0.717) is 4.48 Å². The van der Waals surface area contributed by atoms with Crippen molar-refractivity contribution < 1.29 is 9.84 Å². The number of aliphatic hydroxyl groups is 1. The van der Waals surface area contributed by atoms with Gasteiger partial charge in [0.2, 0.25) is 0 Å². The summed E-state index contributed by atoms with van der Waals surface area (Å²) >= 11 is 5.19. The van der Waals surface area contributed by atoms with E-state index in [-0.39, 0.29) is 18.6 Å². The first-order chi connectivity index (χ1) is 10.5. The van der Waals surface area contributed by atoms with Crippen LogP contribution in [0.15, 0.2) is 25.0 Å². The van der Waals surface area contributed by atoms with Crippen molar-refractivity contribution in [3.63, 3.8) is 0 Å². The number of aliphatic hydroxyl groups excluding tert-OH is 1. The predicted octanol–water partition coefficient (Wildman–Crippen LogP) is 1.62. The third kappa shape index (κ3) is 3.43. The second-order valence-electron chi connectivity index (χ2n) is 4.49. The Morgan fingerprint density at radius 1 is 1.73 bits per heavy atom. The molecule has 2 N–H and O–H groups in total. The van der Waals surface area contributed by atoms with Gasteiger partial charge in [0.25, 0.3) is 5.56 Å². The molecule has 22 heavy (non-hydrogen) atoms. The minimum atomic E-state index is -0.731. The quantitative estimate of drug-likeness (QED) is 0.291. The maximum Gasteiger partial charge on any atom is 0.330 e. The molecule has 0 bridgehead atoms. The zero-order valence-corrected chi connectivity index (χ0v) is 14.8. The van der Waals surface area contributed by atoms with Crippen molar-refractivity contribution in [2.24, 2.45) is 5.11 Å². The van der Waals surface area contributed by atoms with Crippen LogP contribution in [0.4, 0.5) is 0 Å². The third-order valence-electron chi connectivity index (χ3n) is 3.22. The molecule has 1 aromatic heterocycles. The molecule has 0 radical (unpaired) electrons. The maximum absolute atomic E-state index is 12.0. The number of aromatic amines is 1. The van der Waals surface area contributed by atoms with E-state index in [1.165, 1.54) is 10.8 Å². The Morgan fingerprint density at radius 3 is 3.05 bits per heavy atom. The van der Waals surface area contributed by atoms with Gasteiger partial charge in [-0.2, -0.15) is 0 Å². The molecule has 2 rings (SSSR count). The van der Waals surface area contributed by atoms with Crippen molar-refractivity contribution >= 4 is 43.0 Å². The molecule has 3 atom stereocenters. The normalized spacial score (nSPS) is 25.0. The van der Waals surface area contributed by atoms with Crippen LogP contribution in [-0.4, -0.2) is 33.4 Å². The van der Waals surface area contributed by atoms with Crippen molar-refractivity contribution in [1.29, 1.82) is 0 Å². The van der Waals surface area contributed by atoms with Gasteiger partial charge in [-0.1, -0.05) is 27.7 Å². The molecule has 0 saturated carbocycles. The number of hydrogen-bond donors (Lipinski definition) is 2. The SMILES string of the molecule is [N-]=[N+]=NC1CC(n2cc(C(Br)=CI)c(=O)[nH]c2=O)OC1CO. The molecule has 9 nitrogen and oxygen atoms in total. The fourth-order valence-corrected chi connectivity index (χ4v) is 2.78. The predicted molar refractivity (Wildman–Crippen MR) is 90.8 cm³/mol. The highest BCUT2D eigenvalue weighted by Gasteiger charge is 2.35. The Labute approximate surface area is 145 Å². The molecule has 0 spiro atoms. The number of aromatic nitrogens is 2. The standard InChI is InChI=1S/C11H11BrIN5O4/c12-6(2-13)5-3-18(11(21)15-10(5)20)9-1-7(16-17-14)8(4-19)22-9/h2-3,7-9,19H,1,4H2,(H,15,20,21). The summed E-state index contributed by atoms with van der Waals surface area (Å²) in [6, 6.07) is -0.578. The monoisotopic (exact) mass is 483 g/mol. The van der Waals surface area contributed by atoms with Crippen molar-refractivity contribution in [1.82, 2.24) is 9.55 Å². The number of ether oxygens (including phenoxy) is 1. The number of nitrogens with one attached hydrogen (secondary N) is 1. The summed E-state index contributed by atoms with van der Waals surface area (Å²) in [4.78, 5) is 28.7. The van der Waals surface area contributed by atoms with Gasteiger partial charge in [0.15, 0.2) is 0 Å². The van der Waals surface area contributed by atoms with Crippen molar-refractivity contribution in [2.75, 3.05) is 6.61 Å². The highest BCUT2D eigenvalue weighted by Crippen LogP contribution is 2.30. The van der Waals surface area contributed by atoms with Crippen molar-refractivity contribution in [2.45, 2.75) is 24.8 Å². The summed E-state index contributed by atoms with van der Waals surface area (Å²) in [6.45, 7) is -0.331. The Kier molecular flexibility index (Phi) is 5.81. The van der Waals surface area contributed by atoms with E-state index < -0.39 is 29.6 Å². The summed E-state index contributed by atoms with van der Waals surface area (Å²) in [5, 5.41) is 12.8. The minimum absolute atomic E-state index is 0.228. The Hall–Kier alpha value is -1.14. The van der Waals surface area contributed by atoms with Gasteiger partial charge in [0, 0.05) is 22.0 Å². The first kappa shape index (κ1) is 17.2. The Morgan fingerprint density at radius 2 is 2.45 bits per heavy atom. The zero-order chi connectivity index (χ0) is 16.3. The molecule has 0 aliphatic carbocycles. The lowest BCUT2D eigenvalue weighted by Crippen LogP contribution is -2.33. The number of hydrogen-bond acceptors (Lipinski definition) is 5. The Balaban J connectivity index is 2.43. The van der Waals surface area contributed by atoms with Gasteiger partial charge in [0.1, 0.15) is 6.23 Å². The highest BCUT2D eigenvalue weighted by molar-refractivity contribution is 14.1. The molecule has 0 aromatic carbocycles. The second-order valence-corrected chi connectivity index (χ2v) is 5.96. The molecule has 2 heterocycles. The first-order valence-corrected chi connectivity index (χ1v) is 8.18. The summed E-state index contributed by atoms with van der Waals surface area (Å²) < 4.78 is 8.92. The van der Waals surface area contributed by atoms with Crippen LogP contribution in [0.2, 0.25) is 0 Å². The average Bonchev–Trinajstić information content (AvgIpc) is 2.90. The van der Waals surface area contributed by atoms with Crippen LogP contribution in [-0.2, 0) is 4.74 Å². The fraction of sp³-hybridized carbons (Fsp3) is 0.455. The summed E-state index contributed by atoms with van der Waals surface area (Å²) in [5.41, 5.74) is 7.64. The molecule has 1 saturated heterocycles. The van der Waals surface area contributed by atoms with E-state index in [0.717, 1.165) is 0 Å². The lowest BCUT2D eigenvalue weighted by Gasteiger charge is -2.15. The molecule has 1 aromatic rings. The van der Waals surface area contributed by atoms with Gasteiger partial charge in [-0.05, 0) is 25.5 Å². The molecule has 11 heteroatoms. The van der Waals surface area contributed by atoms with Crippen LogP contribution in [0.5, 0.6) is 0 Å². The summed E-state index contributed by atoms with van der Waals surface area (Å²) in [7, 11) is 0. The van der Waals surface area contributed by atoms with E-state index in [2.05, 4.69) is 30.9 Å². The van der Waals surface area contributed by atoms with Crippen LogP contribution in [0, 0.1) is 0 Å². The first-order valence-electron chi connectivity index (χ1n) is 6.14. The molecular formula is C11H11BrIN5O4. The lowest BCUT2D eigenvalue weighted by atomic mass is 10.1. The van der Waals surface area contributed by atoms with Crippen LogP contribution >= 0.6 is 38.5 Å². The van der Waals surface area contributed by atoms with E-state index in [1.807, 2.05) is 22.6 Å². The van der Waals surface area contributed by atoms with Crippen molar-refractivity contribution in [3.8, 4) is 0 Å². The molecule has 0 amide bonds. The van der Waals surface area contributed by atoms with Gasteiger partial charge in [-0.25, -0.2) is 4.79 Å². The number of rotatable bonds is 4.